The zero-order chi connectivity index (χ0) is 9.80. The van der Waals surface area contributed by atoms with Crippen molar-refractivity contribution in [2.24, 2.45) is 0 Å². The van der Waals surface area contributed by atoms with Gasteiger partial charge in [-0.2, -0.15) is 0 Å². The monoisotopic (exact) mass is 190 g/mol. The number of carbonyl (C=O) groups excluding carboxylic acids is 1. The Labute approximate surface area is 86.7 Å². The van der Waals surface area contributed by atoms with Crippen molar-refractivity contribution in [1.29, 1.82) is 0 Å². The van der Waals surface area contributed by atoms with E-state index in [1.165, 1.54) is 38.3 Å². The molecule has 0 aromatic rings. The van der Waals surface area contributed by atoms with Crippen LogP contribution in [0.2, 0.25) is 0 Å². The summed E-state index contributed by atoms with van der Waals surface area (Å²) in [5.41, 5.74) is 0. The van der Waals surface area contributed by atoms with Gasteiger partial charge in [-0.15, -0.1) is 0 Å². The molecule has 2 heteroatoms. The van der Waals surface area contributed by atoms with Gasteiger partial charge in [-0.25, -0.2) is 0 Å². The Morgan fingerprint density at radius 3 is 2.71 bits per heavy atom. The van der Waals surface area contributed by atoms with Crippen LogP contribution in [-0.4, -0.2) is 30.8 Å². The molecule has 14 heavy (non-hydrogen) atoms. The molecule has 1 aliphatic heterocycles. The molecule has 0 spiro atoms. The van der Waals surface area contributed by atoms with Crippen molar-refractivity contribution in [2.45, 2.75) is 19.3 Å². The molecule has 1 heterocycles. The van der Waals surface area contributed by atoms with Crippen LogP contribution in [0, 0.1) is 31.1 Å². The number of hydrogen-bond acceptors (Lipinski definition) is 2. The van der Waals surface area contributed by atoms with Gasteiger partial charge in [0.1, 0.15) is 6.29 Å². The lowest BCUT2D eigenvalue weighted by atomic mass is 9.96. The van der Waals surface area contributed by atoms with Crippen LogP contribution in [0.3, 0.4) is 0 Å². The number of carbonyl (C=O) groups is 1. The molecule has 0 atom stereocenters. The highest BCUT2D eigenvalue weighted by molar-refractivity contribution is 5.81. The fraction of sp³-hybridized carbons (Fsp3) is 0.500. The first-order chi connectivity index (χ1) is 6.90. The van der Waals surface area contributed by atoms with Crippen LogP contribution in [0.5, 0.6) is 0 Å². The van der Waals surface area contributed by atoms with Crippen LogP contribution in [-0.2, 0) is 4.79 Å². The zero-order valence-corrected chi connectivity index (χ0v) is 8.41. The zero-order valence-electron chi connectivity index (χ0n) is 8.41. The Balaban J connectivity index is 1.80. The number of hydrogen-bond donors (Lipinski definition) is 0. The van der Waals surface area contributed by atoms with Crippen molar-refractivity contribution in [3.05, 3.63) is 31.1 Å². The van der Waals surface area contributed by atoms with Gasteiger partial charge in [0.25, 0.3) is 0 Å². The van der Waals surface area contributed by atoms with Gasteiger partial charge in [0, 0.05) is 12.5 Å². The molecule has 1 saturated carbocycles. The van der Waals surface area contributed by atoms with E-state index in [1.807, 2.05) is 12.8 Å². The fourth-order valence-corrected chi connectivity index (χ4v) is 2.09. The highest BCUT2D eigenvalue weighted by Crippen LogP contribution is 2.32. The molecule has 75 valence electrons. The van der Waals surface area contributed by atoms with Crippen LogP contribution in [0.1, 0.15) is 19.3 Å². The lowest BCUT2D eigenvalue weighted by Crippen LogP contribution is -2.34. The minimum absolute atomic E-state index is 0.857. The van der Waals surface area contributed by atoms with E-state index in [-0.39, 0.29) is 0 Å². The third-order valence-electron chi connectivity index (χ3n) is 2.91. The molecule has 0 unspecified atom stereocenters. The van der Waals surface area contributed by atoms with Crippen molar-refractivity contribution in [2.75, 3.05) is 19.6 Å². The summed E-state index contributed by atoms with van der Waals surface area (Å²) in [4.78, 5) is 13.1. The normalized spacial score (nSPS) is 26.9. The predicted octanol–water partition coefficient (Wildman–Crippen LogP) is 1.45. The van der Waals surface area contributed by atoms with Crippen LogP contribution in [0.4, 0.5) is 0 Å². The Morgan fingerprint density at radius 2 is 2.00 bits per heavy atom. The standard InChI is InChI=1S/C12H16NO/c14-10-12-6-4-5-11(12)9-13-7-2-1-3-8-13/h4-6,10H,1-3,7-9H2. The molecular weight excluding hydrogens is 174 g/mol. The van der Waals surface area contributed by atoms with Gasteiger partial charge in [-0.1, -0.05) is 6.42 Å². The van der Waals surface area contributed by atoms with Gasteiger partial charge in [0.05, 0.1) is 5.92 Å². The molecule has 1 saturated heterocycles. The fourth-order valence-electron chi connectivity index (χ4n) is 2.09. The first kappa shape index (κ1) is 10.2. The molecule has 1 aliphatic carbocycles. The Morgan fingerprint density at radius 1 is 1.21 bits per heavy atom. The molecule has 0 aromatic heterocycles. The molecule has 0 amide bonds. The van der Waals surface area contributed by atoms with Crippen molar-refractivity contribution < 1.29 is 4.79 Å². The summed E-state index contributed by atoms with van der Waals surface area (Å²) in [6.07, 6.45) is 10.8. The van der Waals surface area contributed by atoms with Gasteiger partial charge in [0.2, 0.25) is 0 Å². The summed E-state index contributed by atoms with van der Waals surface area (Å²) in [5, 5.41) is 0. The number of nitrogens with zero attached hydrogens (tertiary/aromatic N) is 1. The summed E-state index contributed by atoms with van der Waals surface area (Å²) in [6.45, 7) is 3.31. The number of aldehydes is 1. The topological polar surface area (TPSA) is 20.3 Å². The van der Waals surface area contributed by atoms with E-state index >= 15 is 0 Å². The highest BCUT2D eigenvalue weighted by atomic mass is 16.1. The smallest absolute Gasteiger partial charge is 0.128 e. The molecule has 0 bridgehead atoms. The van der Waals surface area contributed by atoms with E-state index in [9.17, 15) is 4.79 Å². The first-order valence-corrected chi connectivity index (χ1v) is 5.32. The van der Waals surface area contributed by atoms with Crippen molar-refractivity contribution in [3.8, 4) is 0 Å². The molecule has 2 fully saturated rings. The van der Waals surface area contributed by atoms with Crippen LogP contribution >= 0.6 is 0 Å². The molecule has 2 nitrogen and oxygen atoms in total. The molecule has 2 aliphatic rings. The molecule has 2 rings (SSSR count). The number of rotatable bonds is 3. The van der Waals surface area contributed by atoms with Crippen molar-refractivity contribution in [1.82, 2.24) is 4.90 Å². The van der Waals surface area contributed by atoms with Gasteiger partial charge >= 0.3 is 0 Å². The highest BCUT2D eigenvalue weighted by Gasteiger charge is 2.30. The van der Waals surface area contributed by atoms with E-state index in [1.54, 1.807) is 0 Å². The van der Waals surface area contributed by atoms with Crippen molar-refractivity contribution >= 4 is 6.29 Å². The van der Waals surface area contributed by atoms with E-state index in [0.29, 0.717) is 0 Å². The van der Waals surface area contributed by atoms with Crippen LogP contribution < -0.4 is 0 Å². The number of piperidine rings is 1. The average Bonchev–Trinajstić information content (AvgIpc) is 2.67. The van der Waals surface area contributed by atoms with Gasteiger partial charge in [-0.3, -0.25) is 0 Å². The van der Waals surface area contributed by atoms with E-state index < -0.39 is 0 Å². The van der Waals surface area contributed by atoms with Crippen LogP contribution in [0.25, 0.3) is 0 Å². The Hall–Kier alpha value is -0.370. The quantitative estimate of drug-likeness (QED) is 0.628. The van der Waals surface area contributed by atoms with Gasteiger partial charge in [-0.05, 0) is 45.2 Å². The third-order valence-corrected chi connectivity index (χ3v) is 2.91. The summed E-state index contributed by atoms with van der Waals surface area (Å²) >= 11 is 0. The SMILES string of the molecule is O=C[C]1[CH][CH][CH][C]1CN1CCCCC1. The second kappa shape index (κ2) is 4.92. The average molecular weight is 190 g/mol. The molecule has 0 N–H and O–H groups in total. The lowest BCUT2D eigenvalue weighted by Gasteiger charge is -2.29. The number of likely N-dealkylation sites (tertiary alicyclic amines) is 1. The minimum Gasteiger partial charge on any atom is -0.303 e. The second-order valence-corrected chi connectivity index (χ2v) is 3.96. The molecule has 5 radical (unpaired) electrons. The van der Waals surface area contributed by atoms with E-state index in [4.69, 9.17) is 0 Å². The summed E-state index contributed by atoms with van der Waals surface area (Å²) in [5.74, 6) is 2.04. The summed E-state index contributed by atoms with van der Waals surface area (Å²) < 4.78 is 0. The van der Waals surface area contributed by atoms with Gasteiger partial charge < -0.3 is 9.69 Å². The molecule has 0 aromatic carbocycles. The summed E-state index contributed by atoms with van der Waals surface area (Å²) in [6, 6.07) is 0. The third kappa shape index (κ3) is 2.35. The Bertz CT molecular complexity index is 187. The first-order valence-electron chi connectivity index (χ1n) is 5.32. The molecular formula is C12H16NO. The maximum absolute atomic E-state index is 10.7. The predicted molar refractivity (Wildman–Crippen MR) is 55.7 cm³/mol. The Kier molecular flexibility index (Phi) is 3.57. The van der Waals surface area contributed by atoms with Gasteiger partial charge in [0.15, 0.2) is 0 Å². The largest absolute Gasteiger partial charge is 0.303 e. The van der Waals surface area contributed by atoms with Crippen molar-refractivity contribution in [3.63, 3.8) is 0 Å². The van der Waals surface area contributed by atoms with Crippen LogP contribution in [0.15, 0.2) is 0 Å². The second-order valence-electron chi connectivity index (χ2n) is 3.96. The maximum Gasteiger partial charge on any atom is 0.128 e. The summed E-state index contributed by atoms with van der Waals surface area (Å²) in [7, 11) is 0. The van der Waals surface area contributed by atoms with E-state index in [0.717, 1.165) is 18.7 Å². The maximum atomic E-state index is 10.7. The van der Waals surface area contributed by atoms with E-state index in [2.05, 4.69) is 11.3 Å². The lowest BCUT2D eigenvalue weighted by molar-refractivity contribution is -0.106. The minimum atomic E-state index is 0.857.